The van der Waals surface area contributed by atoms with Gasteiger partial charge in [-0.25, -0.2) is 0 Å². The van der Waals surface area contributed by atoms with E-state index in [2.05, 4.69) is 4.74 Å². The number of ether oxygens (including phenoxy) is 1. The summed E-state index contributed by atoms with van der Waals surface area (Å²) >= 11 is 0. The first-order valence-electron chi connectivity index (χ1n) is 4.81. The molecule has 0 fully saturated rings. The largest absolute Gasteiger partial charge is 0.497 e. The van der Waals surface area contributed by atoms with Gasteiger partial charge in [-0.3, -0.25) is 0 Å². The summed E-state index contributed by atoms with van der Waals surface area (Å²) in [5.41, 5.74) is -1.27. The first-order valence-corrected chi connectivity index (χ1v) is 4.81. The fraction of sp³-hybridized carbons (Fsp3) is 0.364. The van der Waals surface area contributed by atoms with Gasteiger partial charge in [0, 0.05) is 0 Å². The van der Waals surface area contributed by atoms with Gasteiger partial charge >= 0.3 is 6.18 Å². The van der Waals surface area contributed by atoms with Crippen LogP contribution in [-0.4, -0.2) is 23.4 Å². The Kier molecular flexibility index (Phi) is 4.16. The Morgan fingerprint density at radius 3 is 2.33 bits per heavy atom. The maximum Gasteiger partial charge on any atom is 0.416 e. The Morgan fingerprint density at radius 2 is 1.89 bits per heavy atom. The van der Waals surface area contributed by atoms with Crippen LogP contribution in [0.2, 0.25) is 0 Å². The normalized spacial score (nSPS) is 14.7. The lowest BCUT2D eigenvalue weighted by molar-refractivity contribution is -0.137. The van der Waals surface area contributed by atoms with Crippen molar-refractivity contribution in [3.05, 3.63) is 29.3 Å². The van der Waals surface area contributed by atoms with Gasteiger partial charge in [0.2, 0.25) is 0 Å². The van der Waals surface area contributed by atoms with E-state index in [9.17, 15) is 18.3 Å². The van der Waals surface area contributed by atoms with E-state index < -0.39 is 23.9 Å². The Morgan fingerprint density at radius 1 is 1.28 bits per heavy atom. The van der Waals surface area contributed by atoms with Gasteiger partial charge in [0.15, 0.2) is 6.10 Å². The lowest BCUT2D eigenvalue weighted by Gasteiger charge is -2.16. The first kappa shape index (κ1) is 14.3. The van der Waals surface area contributed by atoms with Gasteiger partial charge in [-0.2, -0.15) is 18.4 Å². The lowest BCUT2D eigenvalue weighted by Crippen LogP contribution is -2.17. The van der Waals surface area contributed by atoms with Gasteiger partial charge in [-0.1, -0.05) is 0 Å². The van der Waals surface area contributed by atoms with Gasteiger partial charge in [-0.15, -0.1) is 0 Å². The predicted molar refractivity (Wildman–Crippen MR) is 54.6 cm³/mol. The average molecular weight is 261 g/mol. The fourth-order valence-electron chi connectivity index (χ4n) is 1.33. The van der Waals surface area contributed by atoms with Crippen LogP contribution in [0.4, 0.5) is 13.2 Å². The number of nitriles is 1. The van der Waals surface area contributed by atoms with Crippen molar-refractivity contribution < 1.29 is 28.1 Å². The summed E-state index contributed by atoms with van der Waals surface area (Å²) in [7, 11) is 1.17. The number of benzene rings is 1. The van der Waals surface area contributed by atoms with E-state index in [1.807, 2.05) is 0 Å². The highest BCUT2D eigenvalue weighted by molar-refractivity contribution is 5.37. The number of rotatable bonds is 3. The smallest absolute Gasteiger partial charge is 0.416 e. The lowest BCUT2D eigenvalue weighted by atomic mass is 10.0. The van der Waals surface area contributed by atoms with Crippen molar-refractivity contribution >= 4 is 0 Å². The first-order chi connectivity index (χ1) is 8.29. The summed E-state index contributed by atoms with van der Waals surface area (Å²) in [5, 5.41) is 27.0. The van der Waals surface area contributed by atoms with Crippen molar-refractivity contribution in [1.82, 2.24) is 0 Å². The third-order valence-corrected chi connectivity index (χ3v) is 2.26. The standard InChI is InChI=1S/C11H10F3NO3/c1-18-8-3-6(10(17)9(16)5-15)2-7(4-8)11(12,13)14/h2-4,9-10,16-17H,1H3. The van der Waals surface area contributed by atoms with E-state index in [1.165, 1.54) is 13.2 Å². The summed E-state index contributed by atoms with van der Waals surface area (Å²) in [6.07, 6.45) is -8.15. The van der Waals surface area contributed by atoms with Gasteiger partial charge in [0.05, 0.1) is 18.7 Å². The number of hydrogen-bond donors (Lipinski definition) is 2. The molecular formula is C11H10F3NO3. The summed E-state index contributed by atoms with van der Waals surface area (Å²) < 4.78 is 42.4. The molecule has 7 heteroatoms. The van der Waals surface area contributed by atoms with E-state index in [1.54, 1.807) is 0 Å². The van der Waals surface area contributed by atoms with Crippen LogP contribution in [0.15, 0.2) is 18.2 Å². The van der Waals surface area contributed by atoms with Crippen LogP contribution >= 0.6 is 0 Å². The second-order valence-electron chi connectivity index (χ2n) is 3.51. The van der Waals surface area contributed by atoms with Crippen LogP contribution < -0.4 is 4.74 Å². The molecule has 0 saturated carbocycles. The van der Waals surface area contributed by atoms with E-state index in [-0.39, 0.29) is 11.3 Å². The molecule has 4 nitrogen and oxygen atoms in total. The van der Waals surface area contributed by atoms with Crippen LogP contribution in [0.5, 0.6) is 5.75 Å². The van der Waals surface area contributed by atoms with E-state index >= 15 is 0 Å². The zero-order chi connectivity index (χ0) is 13.9. The van der Waals surface area contributed by atoms with Crippen molar-refractivity contribution in [2.45, 2.75) is 18.4 Å². The summed E-state index contributed by atoms with van der Waals surface area (Å²) in [5.74, 6) is -0.121. The molecule has 2 atom stereocenters. The van der Waals surface area contributed by atoms with E-state index in [4.69, 9.17) is 10.4 Å². The molecule has 0 aromatic heterocycles. The summed E-state index contributed by atoms with van der Waals surface area (Å²) in [4.78, 5) is 0. The monoisotopic (exact) mass is 261 g/mol. The molecule has 18 heavy (non-hydrogen) atoms. The maximum absolute atomic E-state index is 12.6. The third-order valence-electron chi connectivity index (χ3n) is 2.26. The van der Waals surface area contributed by atoms with Gasteiger partial charge in [0.25, 0.3) is 0 Å². The van der Waals surface area contributed by atoms with Gasteiger partial charge in [0.1, 0.15) is 11.9 Å². The van der Waals surface area contributed by atoms with Gasteiger partial charge < -0.3 is 14.9 Å². The maximum atomic E-state index is 12.6. The Balaban J connectivity index is 3.25. The minimum Gasteiger partial charge on any atom is -0.497 e. The van der Waals surface area contributed by atoms with Crippen molar-refractivity contribution in [2.24, 2.45) is 0 Å². The third kappa shape index (κ3) is 3.12. The molecule has 0 saturated heterocycles. The van der Waals surface area contributed by atoms with Crippen molar-refractivity contribution in [3.63, 3.8) is 0 Å². The number of nitrogens with zero attached hydrogens (tertiary/aromatic N) is 1. The number of aliphatic hydroxyl groups is 2. The van der Waals surface area contributed by atoms with Crippen LogP contribution in [0.3, 0.4) is 0 Å². The number of hydrogen-bond acceptors (Lipinski definition) is 4. The number of methoxy groups -OCH3 is 1. The molecule has 0 amide bonds. The minimum absolute atomic E-state index is 0.121. The van der Waals surface area contributed by atoms with E-state index in [0.29, 0.717) is 6.07 Å². The molecule has 0 radical (unpaired) electrons. The van der Waals surface area contributed by atoms with Crippen molar-refractivity contribution in [3.8, 4) is 11.8 Å². The molecule has 0 aliphatic heterocycles. The number of alkyl halides is 3. The molecule has 0 heterocycles. The van der Waals surface area contributed by atoms with E-state index in [0.717, 1.165) is 12.1 Å². The van der Waals surface area contributed by atoms with Crippen LogP contribution in [-0.2, 0) is 6.18 Å². The molecule has 1 rings (SSSR count). The summed E-state index contributed by atoms with van der Waals surface area (Å²) in [6.45, 7) is 0. The highest BCUT2D eigenvalue weighted by Crippen LogP contribution is 2.34. The predicted octanol–water partition coefficient (Wildman–Crippen LogP) is 1.63. The number of aliphatic hydroxyl groups excluding tert-OH is 2. The average Bonchev–Trinajstić information content (AvgIpc) is 2.35. The zero-order valence-corrected chi connectivity index (χ0v) is 9.27. The highest BCUT2D eigenvalue weighted by atomic mass is 19.4. The van der Waals surface area contributed by atoms with Crippen molar-refractivity contribution in [2.75, 3.05) is 7.11 Å². The molecule has 2 unspecified atom stereocenters. The zero-order valence-electron chi connectivity index (χ0n) is 9.27. The van der Waals surface area contributed by atoms with Crippen LogP contribution in [0, 0.1) is 11.3 Å². The molecule has 0 aliphatic carbocycles. The quantitative estimate of drug-likeness (QED) is 0.811. The second-order valence-corrected chi connectivity index (χ2v) is 3.51. The highest BCUT2D eigenvalue weighted by Gasteiger charge is 2.32. The topological polar surface area (TPSA) is 73.5 Å². The Bertz CT molecular complexity index is 468. The summed E-state index contributed by atoms with van der Waals surface area (Å²) in [6, 6.07) is 3.89. The van der Waals surface area contributed by atoms with Crippen LogP contribution in [0.1, 0.15) is 17.2 Å². The molecule has 0 aliphatic rings. The Hall–Kier alpha value is -1.78. The van der Waals surface area contributed by atoms with Crippen LogP contribution in [0.25, 0.3) is 0 Å². The molecule has 2 N–H and O–H groups in total. The SMILES string of the molecule is COc1cc(C(O)C(O)C#N)cc(C(F)(F)F)c1. The Labute approximate surface area is 101 Å². The molecule has 0 spiro atoms. The molecular weight excluding hydrogens is 251 g/mol. The fourth-order valence-corrected chi connectivity index (χ4v) is 1.33. The molecule has 0 bridgehead atoms. The second kappa shape index (κ2) is 5.25. The van der Waals surface area contributed by atoms with Crippen molar-refractivity contribution in [1.29, 1.82) is 5.26 Å². The van der Waals surface area contributed by atoms with Gasteiger partial charge in [-0.05, 0) is 23.8 Å². The molecule has 1 aromatic carbocycles. The number of halogens is 3. The molecule has 1 aromatic rings. The molecule has 98 valence electrons. The minimum atomic E-state index is -4.61.